The normalized spacial score (nSPS) is 11.3. The maximum absolute atomic E-state index is 12.2. The number of halogens is 2. The standard InChI is InChI=1S/C17H16Cl2N4O6S/c1-29-16-6-4-12(8-15(16)19)22(30(2,27)28)10-17(24)21-20-9-11-7-13(23(25)26)3-5-14(11)18/h3-9H,10H2,1-2H3,(H,21,24)/b20-9-. The second-order valence-electron chi connectivity index (χ2n) is 5.84. The van der Waals surface area contributed by atoms with Gasteiger partial charge in [-0.1, -0.05) is 23.2 Å². The van der Waals surface area contributed by atoms with Crippen LogP contribution in [0.25, 0.3) is 0 Å². The summed E-state index contributed by atoms with van der Waals surface area (Å²) in [6.45, 7) is -0.582. The molecule has 160 valence electrons. The first-order chi connectivity index (χ1) is 14.0. The summed E-state index contributed by atoms with van der Waals surface area (Å²) >= 11 is 12.0. The van der Waals surface area contributed by atoms with Gasteiger partial charge in [-0.25, -0.2) is 13.8 Å². The van der Waals surface area contributed by atoms with Gasteiger partial charge < -0.3 is 4.74 Å². The van der Waals surface area contributed by atoms with Crippen LogP contribution in [0, 0.1) is 10.1 Å². The van der Waals surface area contributed by atoms with Crippen LogP contribution in [0.1, 0.15) is 5.56 Å². The van der Waals surface area contributed by atoms with Gasteiger partial charge in [-0.2, -0.15) is 5.10 Å². The van der Waals surface area contributed by atoms with Crippen molar-refractivity contribution in [3.8, 4) is 5.75 Å². The zero-order chi connectivity index (χ0) is 22.5. The van der Waals surface area contributed by atoms with E-state index >= 15 is 0 Å². The van der Waals surface area contributed by atoms with Crippen LogP contribution >= 0.6 is 23.2 Å². The number of hydrogen-bond acceptors (Lipinski definition) is 7. The number of nitro benzene ring substituents is 1. The van der Waals surface area contributed by atoms with Crippen molar-refractivity contribution in [1.82, 2.24) is 5.43 Å². The predicted octanol–water partition coefficient (Wildman–Crippen LogP) is 2.83. The highest BCUT2D eigenvalue weighted by atomic mass is 35.5. The summed E-state index contributed by atoms with van der Waals surface area (Å²) in [6.07, 6.45) is 2.05. The number of benzene rings is 2. The number of nitrogens with zero attached hydrogens (tertiary/aromatic N) is 3. The second kappa shape index (κ2) is 9.74. The minimum atomic E-state index is -3.82. The highest BCUT2D eigenvalue weighted by molar-refractivity contribution is 7.92. The van der Waals surface area contributed by atoms with Crippen molar-refractivity contribution in [3.63, 3.8) is 0 Å². The molecule has 0 saturated carbocycles. The predicted molar refractivity (Wildman–Crippen MR) is 114 cm³/mol. The van der Waals surface area contributed by atoms with Gasteiger partial charge in [0, 0.05) is 22.7 Å². The van der Waals surface area contributed by atoms with E-state index in [-0.39, 0.29) is 27.0 Å². The number of ether oxygens (including phenoxy) is 1. The molecule has 0 spiro atoms. The Labute approximate surface area is 182 Å². The summed E-state index contributed by atoms with van der Waals surface area (Å²) in [4.78, 5) is 22.4. The van der Waals surface area contributed by atoms with E-state index in [1.54, 1.807) is 0 Å². The van der Waals surface area contributed by atoms with Crippen molar-refractivity contribution in [2.24, 2.45) is 5.10 Å². The zero-order valence-electron chi connectivity index (χ0n) is 15.7. The SMILES string of the molecule is COc1ccc(N(CC(=O)N/N=C\c2cc([N+](=O)[O-])ccc2Cl)S(C)(=O)=O)cc1Cl. The number of hydrazone groups is 1. The summed E-state index contributed by atoms with van der Waals surface area (Å²) < 4.78 is 30.1. The van der Waals surface area contributed by atoms with E-state index in [2.05, 4.69) is 10.5 Å². The Morgan fingerprint density at radius 2 is 1.97 bits per heavy atom. The third-order valence-corrected chi connectivity index (χ3v) is 5.47. The quantitative estimate of drug-likeness (QED) is 0.355. The van der Waals surface area contributed by atoms with Crippen molar-refractivity contribution >= 4 is 56.7 Å². The number of methoxy groups -OCH3 is 1. The molecular formula is C17H16Cl2N4O6S. The monoisotopic (exact) mass is 474 g/mol. The van der Waals surface area contributed by atoms with E-state index in [1.165, 1.54) is 43.5 Å². The van der Waals surface area contributed by atoms with E-state index in [9.17, 15) is 23.3 Å². The minimum absolute atomic E-state index is 0.157. The van der Waals surface area contributed by atoms with Gasteiger partial charge in [0.15, 0.2) is 0 Å². The maximum Gasteiger partial charge on any atom is 0.270 e. The summed E-state index contributed by atoms with van der Waals surface area (Å²) in [5.41, 5.74) is 2.31. The number of rotatable bonds is 8. The van der Waals surface area contributed by atoms with Gasteiger partial charge >= 0.3 is 0 Å². The Morgan fingerprint density at radius 1 is 1.27 bits per heavy atom. The second-order valence-corrected chi connectivity index (χ2v) is 8.57. The Balaban J connectivity index is 2.16. The molecule has 0 heterocycles. The molecule has 0 unspecified atom stereocenters. The average molecular weight is 475 g/mol. The lowest BCUT2D eigenvalue weighted by Crippen LogP contribution is -2.39. The number of non-ortho nitro benzene ring substituents is 1. The fraction of sp³-hybridized carbons (Fsp3) is 0.176. The molecule has 0 aromatic heterocycles. The van der Waals surface area contributed by atoms with Gasteiger partial charge in [0.25, 0.3) is 11.6 Å². The lowest BCUT2D eigenvalue weighted by molar-refractivity contribution is -0.384. The minimum Gasteiger partial charge on any atom is -0.495 e. The number of anilines is 1. The van der Waals surface area contributed by atoms with Crippen LogP contribution in [-0.2, 0) is 14.8 Å². The van der Waals surface area contributed by atoms with Crippen LogP contribution in [-0.4, -0.2) is 45.4 Å². The molecule has 2 aromatic carbocycles. The van der Waals surface area contributed by atoms with Gasteiger partial charge in [-0.15, -0.1) is 0 Å². The van der Waals surface area contributed by atoms with Gasteiger partial charge in [0.2, 0.25) is 10.0 Å². The lowest BCUT2D eigenvalue weighted by Gasteiger charge is -2.22. The molecule has 0 bridgehead atoms. The molecular weight excluding hydrogens is 459 g/mol. The first-order valence-electron chi connectivity index (χ1n) is 8.10. The number of carbonyl (C=O) groups is 1. The Kier molecular flexibility index (Phi) is 7.59. The molecule has 2 aromatic rings. The molecule has 0 saturated heterocycles. The molecule has 2 rings (SSSR count). The molecule has 13 heteroatoms. The number of carbonyl (C=O) groups excluding carboxylic acids is 1. The molecule has 30 heavy (non-hydrogen) atoms. The van der Waals surface area contributed by atoms with E-state index in [0.29, 0.717) is 5.75 Å². The number of hydrogen-bond donors (Lipinski definition) is 1. The molecule has 0 radical (unpaired) electrons. The van der Waals surface area contributed by atoms with E-state index in [4.69, 9.17) is 27.9 Å². The smallest absolute Gasteiger partial charge is 0.270 e. The summed E-state index contributed by atoms with van der Waals surface area (Å²) in [5, 5.41) is 14.9. The Hall–Kier alpha value is -2.89. The van der Waals surface area contributed by atoms with E-state index < -0.39 is 27.4 Å². The van der Waals surface area contributed by atoms with Crippen molar-refractivity contribution in [2.75, 3.05) is 24.2 Å². The molecule has 0 aliphatic rings. The topological polar surface area (TPSA) is 131 Å². The summed E-state index contributed by atoms with van der Waals surface area (Å²) in [6, 6.07) is 7.98. The molecule has 0 aliphatic heterocycles. The lowest BCUT2D eigenvalue weighted by atomic mass is 10.2. The van der Waals surface area contributed by atoms with Crippen LogP contribution < -0.4 is 14.5 Å². The molecule has 1 amide bonds. The summed E-state index contributed by atoms with van der Waals surface area (Å²) in [7, 11) is -2.41. The van der Waals surface area contributed by atoms with Crippen LogP contribution in [0.3, 0.4) is 0 Å². The summed E-state index contributed by atoms with van der Waals surface area (Å²) in [5.74, 6) is -0.415. The number of nitro groups is 1. The third-order valence-electron chi connectivity index (χ3n) is 3.69. The first kappa shape index (κ1) is 23.4. The number of nitrogens with one attached hydrogen (secondary N) is 1. The molecule has 0 aliphatic carbocycles. The molecule has 0 fully saturated rings. The average Bonchev–Trinajstić information content (AvgIpc) is 2.66. The maximum atomic E-state index is 12.2. The Bertz CT molecular complexity index is 1110. The van der Waals surface area contributed by atoms with Crippen molar-refractivity contribution in [1.29, 1.82) is 0 Å². The van der Waals surface area contributed by atoms with E-state index in [0.717, 1.165) is 16.8 Å². The third kappa shape index (κ3) is 6.05. The fourth-order valence-electron chi connectivity index (χ4n) is 2.29. The zero-order valence-corrected chi connectivity index (χ0v) is 18.0. The van der Waals surface area contributed by atoms with Gasteiger partial charge in [0.05, 0.1) is 35.2 Å². The highest BCUT2D eigenvalue weighted by Crippen LogP contribution is 2.30. The van der Waals surface area contributed by atoms with Gasteiger partial charge in [-0.05, 0) is 24.3 Å². The van der Waals surface area contributed by atoms with Crippen molar-refractivity contribution in [3.05, 3.63) is 62.1 Å². The van der Waals surface area contributed by atoms with E-state index in [1.807, 2.05) is 0 Å². The van der Waals surface area contributed by atoms with Crippen LogP contribution in [0.4, 0.5) is 11.4 Å². The highest BCUT2D eigenvalue weighted by Gasteiger charge is 2.21. The van der Waals surface area contributed by atoms with Crippen LogP contribution in [0.15, 0.2) is 41.5 Å². The molecule has 10 nitrogen and oxygen atoms in total. The largest absolute Gasteiger partial charge is 0.495 e. The van der Waals surface area contributed by atoms with Crippen molar-refractivity contribution < 1.29 is 22.9 Å². The van der Waals surface area contributed by atoms with Gasteiger partial charge in [-0.3, -0.25) is 19.2 Å². The van der Waals surface area contributed by atoms with Crippen molar-refractivity contribution in [2.45, 2.75) is 0 Å². The fourth-order valence-corrected chi connectivity index (χ4v) is 3.56. The number of amides is 1. The molecule has 1 N–H and O–H groups in total. The number of sulfonamides is 1. The van der Waals surface area contributed by atoms with Gasteiger partial charge in [0.1, 0.15) is 12.3 Å². The first-order valence-corrected chi connectivity index (χ1v) is 10.7. The van der Waals surface area contributed by atoms with Crippen LogP contribution in [0.2, 0.25) is 10.0 Å². The van der Waals surface area contributed by atoms with Crippen LogP contribution in [0.5, 0.6) is 5.75 Å². The Morgan fingerprint density at radius 3 is 2.53 bits per heavy atom. The molecule has 0 atom stereocenters.